The Morgan fingerprint density at radius 3 is 2.43 bits per heavy atom. The number of carbonyl (C=O) groups excluding carboxylic acids is 1. The number of nitrogens with one attached hydrogen (secondary N) is 1. The Morgan fingerprint density at radius 1 is 1.19 bits per heavy atom. The summed E-state index contributed by atoms with van der Waals surface area (Å²) >= 11 is 12.0. The lowest BCUT2D eigenvalue weighted by Crippen LogP contribution is -2.26. The summed E-state index contributed by atoms with van der Waals surface area (Å²) in [6, 6.07) is 13.4. The summed E-state index contributed by atoms with van der Waals surface area (Å²) in [5, 5.41) is 12.7. The van der Waals surface area contributed by atoms with Gasteiger partial charge < -0.3 is 5.32 Å². The molecule has 106 valence electrons. The van der Waals surface area contributed by atoms with Crippen molar-refractivity contribution in [3.05, 3.63) is 69.2 Å². The number of amides is 1. The molecule has 1 N–H and O–H groups in total. The highest BCUT2D eigenvalue weighted by molar-refractivity contribution is 6.35. The van der Waals surface area contributed by atoms with Crippen molar-refractivity contribution in [3.63, 3.8) is 0 Å². The molecule has 0 aromatic heterocycles. The first-order valence-electron chi connectivity index (χ1n) is 6.27. The molecule has 1 amide bonds. The Bertz CT molecular complexity index is 705. The van der Waals surface area contributed by atoms with Crippen molar-refractivity contribution in [1.82, 2.24) is 5.32 Å². The van der Waals surface area contributed by atoms with Crippen LogP contribution in [0.2, 0.25) is 10.0 Å². The minimum Gasteiger partial charge on any atom is -0.345 e. The van der Waals surface area contributed by atoms with E-state index in [2.05, 4.69) is 5.32 Å². The maximum atomic E-state index is 12.1. The Morgan fingerprint density at radius 2 is 1.86 bits per heavy atom. The fourth-order valence-corrected chi connectivity index (χ4v) is 2.48. The van der Waals surface area contributed by atoms with E-state index in [4.69, 9.17) is 28.5 Å². The molecule has 0 heterocycles. The van der Waals surface area contributed by atoms with Crippen LogP contribution in [-0.2, 0) is 0 Å². The third kappa shape index (κ3) is 3.75. The molecular weight excluding hydrogens is 307 g/mol. The number of nitriles is 1. The monoisotopic (exact) mass is 318 g/mol. The molecule has 0 fully saturated rings. The predicted molar refractivity (Wildman–Crippen MR) is 83.5 cm³/mol. The average Bonchev–Trinajstić information content (AvgIpc) is 2.47. The predicted octanol–water partition coefficient (Wildman–Crippen LogP) is 4.36. The number of benzene rings is 2. The van der Waals surface area contributed by atoms with Gasteiger partial charge in [-0.2, -0.15) is 5.26 Å². The van der Waals surface area contributed by atoms with Crippen molar-refractivity contribution in [1.29, 1.82) is 5.26 Å². The SMILES string of the molecule is CC(NC(=O)c1ccc(C#N)cc1)c1ccc(Cl)cc1Cl. The van der Waals surface area contributed by atoms with Crippen molar-refractivity contribution in [2.24, 2.45) is 0 Å². The summed E-state index contributed by atoms with van der Waals surface area (Å²) in [5.41, 5.74) is 1.80. The van der Waals surface area contributed by atoms with E-state index < -0.39 is 0 Å². The first-order valence-corrected chi connectivity index (χ1v) is 7.03. The number of halogens is 2. The fourth-order valence-electron chi connectivity index (χ4n) is 1.91. The quantitative estimate of drug-likeness (QED) is 0.914. The molecule has 2 aromatic carbocycles. The summed E-state index contributed by atoms with van der Waals surface area (Å²) in [5.74, 6) is -0.224. The van der Waals surface area contributed by atoms with Crippen molar-refractivity contribution in [2.45, 2.75) is 13.0 Å². The third-order valence-electron chi connectivity index (χ3n) is 3.05. The maximum Gasteiger partial charge on any atom is 0.251 e. The van der Waals surface area contributed by atoms with E-state index in [-0.39, 0.29) is 11.9 Å². The van der Waals surface area contributed by atoms with Gasteiger partial charge in [0.15, 0.2) is 0 Å². The lowest BCUT2D eigenvalue weighted by Gasteiger charge is -2.16. The second kappa shape index (κ2) is 6.62. The van der Waals surface area contributed by atoms with Crippen LogP contribution in [-0.4, -0.2) is 5.91 Å². The Kier molecular flexibility index (Phi) is 4.85. The number of hydrogen-bond acceptors (Lipinski definition) is 2. The maximum absolute atomic E-state index is 12.1. The molecule has 0 radical (unpaired) electrons. The van der Waals surface area contributed by atoms with Gasteiger partial charge in [-0.15, -0.1) is 0 Å². The molecule has 0 aliphatic rings. The molecule has 3 nitrogen and oxygen atoms in total. The highest BCUT2D eigenvalue weighted by Gasteiger charge is 2.14. The van der Waals surface area contributed by atoms with Gasteiger partial charge in [0.05, 0.1) is 17.7 Å². The third-order valence-corrected chi connectivity index (χ3v) is 3.62. The van der Waals surface area contributed by atoms with Crippen molar-refractivity contribution < 1.29 is 4.79 Å². The highest BCUT2D eigenvalue weighted by Crippen LogP contribution is 2.26. The molecule has 0 saturated heterocycles. The fraction of sp³-hybridized carbons (Fsp3) is 0.125. The minimum atomic E-state index is -0.252. The molecule has 5 heteroatoms. The van der Waals surface area contributed by atoms with Gasteiger partial charge in [-0.05, 0) is 48.9 Å². The van der Waals surface area contributed by atoms with Crippen LogP contribution in [0.15, 0.2) is 42.5 Å². The first-order chi connectivity index (χ1) is 10.0. The van der Waals surface area contributed by atoms with Crippen LogP contribution < -0.4 is 5.32 Å². The molecule has 1 unspecified atom stereocenters. The smallest absolute Gasteiger partial charge is 0.251 e. The molecule has 1 atom stereocenters. The molecule has 0 saturated carbocycles. The topological polar surface area (TPSA) is 52.9 Å². The zero-order valence-electron chi connectivity index (χ0n) is 11.2. The van der Waals surface area contributed by atoms with Crippen LogP contribution in [0.1, 0.15) is 34.5 Å². The van der Waals surface area contributed by atoms with Gasteiger partial charge in [0, 0.05) is 15.6 Å². The Labute approximate surface area is 133 Å². The summed E-state index contributed by atoms with van der Waals surface area (Å²) in [6.07, 6.45) is 0. The van der Waals surface area contributed by atoms with Crippen LogP contribution >= 0.6 is 23.2 Å². The summed E-state index contributed by atoms with van der Waals surface area (Å²) < 4.78 is 0. The van der Waals surface area contributed by atoms with Crippen molar-refractivity contribution in [2.75, 3.05) is 0 Å². The first kappa shape index (κ1) is 15.4. The van der Waals surface area contributed by atoms with E-state index in [0.29, 0.717) is 21.2 Å². The Hall–Kier alpha value is -2.02. The lowest BCUT2D eigenvalue weighted by molar-refractivity contribution is 0.0940. The Balaban J connectivity index is 2.13. The number of hydrogen-bond donors (Lipinski definition) is 1. The molecule has 2 aromatic rings. The van der Waals surface area contributed by atoms with Crippen LogP contribution in [0, 0.1) is 11.3 Å². The summed E-state index contributed by atoms with van der Waals surface area (Å²) in [4.78, 5) is 12.1. The summed E-state index contributed by atoms with van der Waals surface area (Å²) in [7, 11) is 0. The number of rotatable bonds is 3. The molecule has 21 heavy (non-hydrogen) atoms. The van der Waals surface area contributed by atoms with Crippen LogP contribution in [0.4, 0.5) is 0 Å². The number of nitrogens with zero attached hydrogens (tertiary/aromatic N) is 1. The minimum absolute atomic E-state index is 0.224. The highest BCUT2D eigenvalue weighted by atomic mass is 35.5. The van der Waals surface area contributed by atoms with Crippen LogP contribution in [0.25, 0.3) is 0 Å². The van der Waals surface area contributed by atoms with Gasteiger partial charge in [-0.1, -0.05) is 29.3 Å². The number of carbonyl (C=O) groups is 1. The zero-order chi connectivity index (χ0) is 15.4. The van der Waals surface area contributed by atoms with E-state index in [1.807, 2.05) is 13.0 Å². The van der Waals surface area contributed by atoms with Gasteiger partial charge in [0.1, 0.15) is 0 Å². The van der Waals surface area contributed by atoms with E-state index in [0.717, 1.165) is 5.56 Å². The van der Waals surface area contributed by atoms with Crippen molar-refractivity contribution in [3.8, 4) is 6.07 Å². The average molecular weight is 319 g/mol. The molecular formula is C16H12Cl2N2O. The molecule has 0 aliphatic heterocycles. The standard InChI is InChI=1S/C16H12Cl2N2O/c1-10(14-7-6-13(17)8-15(14)18)20-16(21)12-4-2-11(9-19)3-5-12/h2-8,10H,1H3,(H,20,21). The van der Waals surface area contributed by atoms with E-state index >= 15 is 0 Å². The van der Waals surface area contributed by atoms with E-state index in [1.165, 1.54) is 0 Å². The van der Waals surface area contributed by atoms with Gasteiger partial charge in [0.2, 0.25) is 0 Å². The molecule has 0 spiro atoms. The van der Waals surface area contributed by atoms with Crippen LogP contribution in [0.5, 0.6) is 0 Å². The van der Waals surface area contributed by atoms with Crippen LogP contribution in [0.3, 0.4) is 0 Å². The van der Waals surface area contributed by atoms with Gasteiger partial charge in [-0.3, -0.25) is 4.79 Å². The summed E-state index contributed by atoms with van der Waals surface area (Å²) in [6.45, 7) is 1.84. The lowest BCUT2D eigenvalue weighted by atomic mass is 10.1. The molecule has 0 bridgehead atoms. The van der Waals surface area contributed by atoms with Gasteiger partial charge in [-0.25, -0.2) is 0 Å². The molecule has 2 rings (SSSR count). The largest absolute Gasteiger partial charge is 0.345 e. The molecule has 0 aliphatic carbocycles. The second-order valence-corrected chi connectivity index (χ2v) is 5.39. The zero-order valence-corrected chi connectivity index (χ0v) is 12.7. The van der Waals surface area contributed by atoms with Gasteiger partial charge >= 0.3 is 0 Å². The van der Waals surface area contributed by atoms with Gasteiger partial charge in [0.25, 0.3) is 5.91 Å². The normalized spacial score (nSPS) is 11.5. The second-order valence-electron chi connectivity index (χ2n) is 4.55. The van der Waals surface area contributed by atoms with E-state index in [9.17, 15) is 4.79 Å². The van der Waals surface area contributed by atoms with Crippen molar-refractivity contribution >= 4 is 29.1 Å². The van der Waals surface area contributed by atoms with E-state index in [1.54, 1.807) is 42.5 Å².